The highest BCUT2D eigenvalue weighted by atomic mass is 32.1. The minimum atomic E-state index is -0.131. The summed E-state index contributed by atoms with van der Waals surface area (Å²) in [6.45, 7) is 7.18. The standard InChI is InChI=1S/C26H30N2O4S/c1-26(2,3)17-8-9-19-22(13-17)33-25(23(19)24(30)27-15-18-6-5-11-32-18)28-14-16-7-10-20(29)21(12-16)31-4/h5-7,10-12,14,17,29H,8-9,13,15H2,1-4H3,(H,27,30)/t17-/m1/s1. The van der Waals surface area contributed by atoms with Gasteiger partial charge in [0.15, 0.2) is 11.5 Å². The molecule has 2 aromatic heterocycles. The number of rotatable bonds is 6. The normalized spacial score (nSPS) is 16.1. The van der Waals surface area contributed by atoms with Crippen LogP contribution in [-0.2, 0) is 19.4 Å². The maximum Gasteiger partial charge on any atom is 0.255 e. The molecule has 0 saturated heterocycles. The molecular weight excluding hydrogens is 436 g/mol. The molecule has 0 aliphatic heterocycles. The van der Waals surface area contributed by atoms with Gasteiger partial charge in [-0.2, -0.15) is 0 Å². The lowest BCUT2D eigenvalue weighted by Crippen LogP contribution is -2.28. The van der Waals surface area contributed by atoms with E-state index in [2.05, 4.69) is 26.1 Å². The first-order valence-corrected chi connectivity index (χ1v) is 11.9. The molecule has 0 fully saturated rings. The molecule has 174 valence electrons. The van der Waals surface area contributed by atoms with Crippen LogP contribution >= 0.6 is 11.3 Å². The number of phenols is 1. The lowest BCUT2D eigenvalue weighted by Gasteiger charge is -2.33. The topological polar surface area (TPSA) is 84.1 Å². The molecule has 3 aromatic rings. The van der Waals surface area contributed by atoms with E-state index in [0.717, 1.165) is 30.4 Å². The number of aromatic hydroxyl groups is 1. The van der Waals surface area contributed by atoms with Crippen molar-refractivity contribution in [1.82, 2.24) is 5.32 Å². The summed E-state index contributed by atoms with van der Waals surface area (Å²) in [7, 11) is 1.51. The maximum atomic E-state index is 13.3. The summed E-state index contributed by atoms with van der Waals surface area (Å²) in [5.74, 6) is 1.61. The van der Waals surface area contributed by atoms with Crippen LogP contribution in [0, 0.1) is 11.3 Å². The van der Waals surface area contributed by atoms with Gasteiger partial charge in [0.25, 0.3) is 5.91 Å². The van der Waals surface area contributed by atoms with E-state index >= 15 is 0 Å². The second-order valence-corrected chi connectivity index (χ2v) is 10.5. The molecule has 7 heteroatoms. The van der Waals surface area contributed by atoms with E-state index in [1.165, 1.54) is 12.0 Å². The number of ether oxygens (including phenoxy) is 1. The van der Waals surface area contributed by atoms with Gasteiger partial charge in [0.2, 0.25) is 0 Å². The Morgan fingerprint density at radius 3 is 2.88 bits per heavy atom. The number of methoxy groups -OCH3 is 1. The number of fused-ring (bicyclic) bond motifs is 1. The van der Waals surface area contributed by atoms with Crippen molar-refractivity contribution in [3.8, 4) is 11.5 Å². The van der Waals surface area contributed by atoms with E-state index < -0.39 is 0 Å². The number of furan rings is 1. The third kappa shape index (κ3) is 5.14. The van der Waals surface area contributed by atoms with Crippen LogP contribution in [0.5, 0.6) is 11.5 Å². The fourth-order valence-corrected chi connectivity index (χ4v) is 5.48. The smallest absolute Gasteiger partial charge is 0.255 e. The first kappa shape index (κ1) is 23.1. The molecule has 0 unspecified atom stereocenters. The van der Waals surface area contributed by atoms with Gasteiger partial charge in [0.1, 0.15) is 10.8 Å². The van der Waals surface area contributed by atoms with E-state index in [1.54, 1.807) is 42.0 Å². The Kier molecular flexibility index (Phi) is 6.61. The van der Waals surface area contributed by atoms with Crippen molar-refractivity contribution in [1.29, 1.82) is 0 Å². The van der Waals surface area contributed by atoms with Gasteiger partial charge in [-0.3, -0.25) is 4.79 Å². The van der Waals surface area contributed by atoms with Crippen molar-refractivity contribution in [2.75, 3.05) is 7.11 Å². The molecule has 0 spiro atoms. The van der Waals surface area contributed by atoms with Gasteiger partial charge in [-0.1, -0.05) is 20.8 Å². The maximum absolute atomic E-state index is 13.3. The van der Waals surface area contributed by atoms with Gasteiger partial charge < -0.3 is 19.6 Å². The molecule has 0 saturated carbocycles. The third-order valence-corrected chi connectivity index (χ3v) is 7.40. The monoisotopic (exact) mass is 466 g/mol. The van der Waals surface area contributed by atoms with Crippen LogP contribution in [0.15, 0.2) is 46.0 Å². The molecule has 2 N–H and O–H groups in total. The Morgan fingerprint density at radius 1 is 1.36 bits per heavy atom. The van der Waals surface area contributed by atoms with E-state index in [9.17, 15) is 9.90 Å². The molecule has 6 nitrogen and oxygen atoms in total. The molecule has 1 amide bonds. The first-order valence-electron chi connectivity index (χ1n) is 11.1. The van der Waals surface area contributed by atoms with Gasteiger partial charge in [-0.25, -0.2) is 4.99 Å². The van der Waals surface area contributed by atoms with Crippen molar-refractivity contribution < 1.29 is 19.1 Å². The highest BCUT2D eigenvalue weighted by Gasteiger charge is 2.33. The molecule has 1 atom stereocenters. The quantitative estimate of drug-likeness (QED) is 0.444. The third-order valence-electron chi connectivity index (χ3n) is 6.24. The summed E-state index contributed by atoms with van der Waals surface area (Å²) in [6, 6.07) is 8.71. The Morgan fingerprint density at radius 2 is 2.18 bits per heavy atom. The Bertz CT molecular complexity index is 1160. The van der Waals surface area contributed by atoms with Gasteiger partial charge in [0.05, 0.1) is 25.5 Å². The molecule has 1 aliphatic carbocycles. The minimum absolute atomic E-state index is 0.0763. The van der Waals surface area contributed by atoms with Crippen molar-refractivity contribution in [3.05, 3.63) is 63.9 Å². The second kappa shape index (κ2) is 9.43. The highest BCUT2D eigenvalue weighted by molar-refractivity contribution is 7.16. The number of carbonyl (C=O) groups is 1. The van der Waals surface area contributed by atoms with Crippen LogP contribution in [-0.4, -0.2) is 24.3 Å². The van der Waals surface area contributed by atoms with E-state index in [1.807, 2.05) is 12.1 Å². The summed E-state index contributed by atoms with van der Waals surface area (Å²) >= 11 is 1.60. The van der Waals surface area contributed by atoms with Crippen molar-refractivity contribution in [3.63, 3.8) is 0 Å². The lowest BCUT2D eigenvalue weighted by molar-refractivity contribution is 0.0947. The number of amides is 1. The summed E-state index contributed by atoms with van der Waals surface area (Å²) in [5, 5.41) is 13.5. The Balaban J connectivity index is 1.66. The summed E-state index contributed by atoms with van der Waals surface area (Å²) in [6.07, 6.45) is 6.21. The molecule has 0 bridgehead atoms. The number of carbonyl (C=O) groups excluding carboxylic acids is 1. The number of hydrogen-bond acceptors (Lipinski definition) is 6. The van der Waals surface area contributed by atoms with Gasteiger partial charge in [-0.15, -0.1) is 11.3 Å². The van der Waals surface area contributed by atoms with Crippen molar-refractivity contribution in [2.45, 2.75) is 46.6 Å². The highest BCUT2D eigenvalue weighted by Crippen LogP contribution is 2.45. The molecular formula is C26H30N2O4S. The Labute approximate surface area is 198 Å². The number of thiophene rings is 1. The van der Waals surface area contributed by atoms with E-state index in [-0.39, 0.29) is 17.1 Å². The van der Waals surface area contributed by atoms with Gasteiger partial charge in [0, 0.05) is 11.1 Å². The fourth-order valence-electron chi connectivity index (χ4n) is 4.21. The molecule has 1 aromatic carbocycles. The number of phenolic OH excluding ortho intramolecular Hbond substituents is 1. The molecule has 4 rings (SSSR count). The zero-order valence-corrected chi connectivity index (χ0v) is 20.3. The van der Waals surface area contributed by atoms with Gasteiger partial charge >= 0.3 is 0 Å². The van der Waals surface area contributed by atoms with Crippen LogP contribution in [0.3, 0.4) is 0 Å². The number of hydrogen-bond donors (Lipinski definition) is 2. The molecule has 1 aliphatic rings. The average Bonchev–Trinajstić information content (AvgIpc) is 3.43. The van der Waals surface area contributed by atoms with Crippen LogP contribution in [0.4, 0.5) is 5.00 Å². The number of nitrogens with one attached hydrogen (secondary N) is 1. The molecule has 0 radical (unpaired) electrons. The van der Waals surface area contributed by atoms with E-state index in [4.69, 9.17) is 14.1 Å². The largest absolute Gasteiger partial charge is 0.504 e. The first-order chi connectivity index (χ1) is 15.8. The molecule has 2 heterocycles. The predicted octanol–water partition coefficient (Wildman–Crippen LogP) is 5.89. The van der Waals surface area contributed by atoms with Crippen LogP contribution in [0.2, 0.25) is 0 Å². The summed E-state index contributed by atoms with van der Waals surface area (Å²) < 4.78 is 10.6. The summed E-state index contributed by atoms with van der Waals surface area (Å²) in [5.41, 5.74) is 2.78. The van der Waals surface area contributed by atoms with Crippen LogP contribution in [0.1, 0.15) is 59.3 Å². The summed E-state index contributed by atoms with van der Waals surface area (Å²) in [4.78, 5) is 19.2. The van der Waals surface area contributed by atoms with Crippen molar-refractivity contribution >= 4 is 28.5 Å². The van der Waals surface area contributed by atoms with Crippen LogP contribution in [0.25, 0.3) is 0 Å². The zero-order chi connectivity index (χ0) is 23.6. The Hall–Kier alpha value is -3.06. The number of nitrogens with zero attached hydrogens (tertiary/aromatic N) is 1. The van der Waals surface area contributed by atoms with E-state index in [0.29, 0.717) is 34.5 Å². The lowest BCUT2D eigenvalue weighted by atomic mass is 9.72. The minimum Gasteiger partial charge on any atom is -0.504 e. The zero-order valence-electron chi connectivity index (χ0n) is 19.5. The van der Waals surface area contributed by atoms with Crippen molar-refractivity contribution in [2.24, 2.45) is 16.3 Å². The average molecular weight is 467 g/mol. The number of aliphatic imine (C=N–C) groups is 1. The molecule has 33 heavy (non-hydrogen) atoms. The van der Waals surface area contributed by atoms with Gasteiger partial charge in [-0.05, 0) is 72.1 Å². The predicted molar refractivity (Wildman–Crippen MR) is 131 cm³/mol. The second-order valence-electron chi connectivity index (χ2n) is 9.44. The fraction of sp³-hybridized carbons (Fsp3) is 0.385. The SMILES string of the molecule is COc1cc(C=Nc2sc3c(c2C(=O)NCc2ccco2)CC[C@@H](C(C)(C)C)C3)ccc1O. The number of benzene rings is 1. The van der Waals surface area contributed by atoms with Crippen LogP contribution < -0.4 is 10.1 Å².